The van der Waals surface area contributed by atoms with E-state index in [2.05, 4.69) is 9.47 Å². The van der Waals surface area contributed by atoms with E-state index >= 15 is 0 Å². The first kappa shape index (κ1) is 24.5. The molecule has 0 aliphatic carbocycles. The molecule has 1 amide bonds. The molecule has 10 nitrogen and oxygen atoms in total. The van der Waals surface area contributed by atoms with Crippen LogP contribution in [-0.4, -0.2) is 45.9 Å². The van der Waals surface area contributed by atoms with Crippen molar-refractivity contribution in [1.82, 2.24) is 0 Å². The zero-order valence-electron chi connectivity index (χ0n) is 16.3. The topological polar surface area (TPSA) is 148 Å². The molecule has 0 aromatic heterocycles. The summed E-state index contributed by atoms with van der Waals surface area (Å²) in [6.45, 7) is 0. The van der Waals surface area contributed by atoms with E-state index < -0.39 is 69.9 Å². The van der Waals surface area contributed by atoms with Crippen LogP contribution in [0.3, 0.4) is 0 Å². The number of carboxylic acid groups (broad SMARTS) is 1. The highest BCUT2D eigenvalue weighted by molar-refractivity contribution is 6.10. The predicted molar refractivity (Wildman–Crippen MR) is 99.6 cm³/mol. The van der Waals surface area contributed by atoms with Crippen LogP contribution < -0.4 is 10.1 Å². The van der Waals surface area contributed by atoms with Gasteiger partial charge in [0.1, 0.15) is 34.2 Å². The highest BCUT2D eigenvalue weighted by Crippen LogP contribution is 2.33. The smallest absolute Gasteiger partial charge is 0.478 e. The normalized spacial score (nSPS) is 18.1. The summed E-state index contributed by atoms with van der Waals surface area (Å²) < 4.78 is 74.5. The van der Waals surface area contributed by atoms with Gasteiger partial charge >= 0.3 is 18.6 Å². The fourth-order valence-corrected chi connectivity index (χ4v) is 3.05. The monoisotopic (exact) mass is 490 g/mol. The molecule has 1 aliphatic rings. The maximum Gasteiger partial charge on any atom is 0.573 e. The third-order valence-electron chi connectivity index (χ3n) is 4.39. The van der Waals surface area contributed by atoms with E-state index in [0.717, 1.165) is 18.2 Å². The Hall–Kier alpha value is -4.11. The van der Waals surface area contributed by atoms with E-state index in [1.807, 2.05) is 0 Å². The van der Waals surface area contributed by atoms with Gasteiger partial charge in [0.25, 0.3) is 5.91 Å². The third kappa shape index (κ3) is 5.10. The molecule has 0 radical (unpaired) electrons. The number of alkyl halides is 3. The van der Waals surface area contributed by atoms with Crippen molar-refractivity contribution < 1.29 is 56.2 Å². The minimum absolute atomic E-state index is 0.0889. The largest absolute Gasteiger partial charge is 0.573 e. The zero-order chi connectivity index (χ0) is 25.4. The summed E-state index contributed by atoms with van der Waals surface area (Å²) in [7, 11) is 0. The number of aliphatic carboxylic acids is 1. The van der Waals surface area contributed by atoms with Gasteiger partial charge in [-0.2, -0.15) is 0 Å². The molecule has 2 aromatic rings. The van der Waals surface area contributed by atoms with E-state index in [4.69, 9.17) is 5.11 Å². The predicted octanol–water partition coefficient (Wildman–Crippen LogP) is 2.80. The third-order valence-corrected chi connectivity index (χ3v) is 4.39. The number of aliphatic hydroxyl groups is 1. The summed E-state index contributed by atoms with van der Waals surface area (Å²) in [6.07, 6.45) is -9.79. The van der Waals surface area contributed by atoms with Crippen molar-refractivity contribution >= 4 is 17.6 Å². The number of aliphatic hydroxyl groups excluding tert-OH is 1. The van der Waals surface area contributed by atoms with Gasteiger partial charge in [0.05, 0.1) is 4.92 Å². The number of anilines is 1. The van der Waals surface area contributed by atoms with Crippen molar-refractivity contribution in [3.8, 4) is 16.9 Å². The Morgan fingerprint density at radius 3 is 2.24 bits per heavy atom. The number of nitro groups is 1. The number of benzene rings is 2. The number of halogens is 5. The summed E-state index contributed by atoms with van der Waals surface area (Å²) >= 11 is 0. The van der Waals surface area contributed by atoms with Crippen molar-refractivity contribution in [3.63, 3.8) is 0 Å². The first-order chi connectivity index (χ1) is 15.8. The second kappa shape index (κ2) is 9.03. The van der Waals surface area contributed by atoms with Gasteiger partial charge in [-0.05, 0) is 35.4 Å². The van der Waals surface area contributed by atoms with Gasteiger partial charge in [-0.3, -0.25) is 19.6 Å². The van der Waals surface area contributed by atoms with Crippen LogP contribution in [0.15, 0.2) is 47.5 Å². The number of carboxylic acids is 1. The molecular formula is C19H11F5N2O8. The lowest BCUT2D eigenvalue weighted by atomic mass is 10.0. The van der Waals surface area contributed by atoms with Crippen LogP contribution in [-0.2, 0) is 14.3 Å². The van der Waals surface area contributed by atoms with Gasteiger partial charge in [-0.25, -0.2) is 13.6 Å². The number of ether oxygens (including phenoxy) is 2. The van der Waals surface area contributed by atoms with Crippen LogP contribution in [0.2, 0.25) is 0 Å². The second-order valence-electron chi connectivity index (χ2n) is 6.60. The van der Waals surface area contributed by atoms with E-state index in [0.29, 0.717) is 12.1 Å². The van der Waals surface area contributed by atoms with E-state index in [1.165, 1.54) is 6.07 Å². The van der Waals surface area contributed by atoms with E-state index in [1.54, 1.807) is 5.32 Å². The van der Waals surface area contributed by atoms with Crippen LogP contribution in [0.5, 0.6) is 5.75 Å². The van der Waals surface area contributed by atoms with Gasteiger partial charge < -0.3 is 20.3 Å². The molecule has 15 heteroatoms. The molecule has 0 bridgehead atoms. The standard InChI is InChI=1S/C19H11F5N2O8/c20-10-5-8(7-2-1-3-9(4-7)34-19(22,23)24)6-11(21)14(10)25-15(27)12-13(17(28)29)18(30)33-16(12)26(31)32/h1-6,16,18,30H,(H,25,27)(H,28,29). The van der Waals surface area contributed by atoms with Gasteiger partial charge in [0, 0.05) is 0 Å². The quantitative estimate of drug-likeness (QED) is 0.318. The van der Waals surface area contributed by atoms with Crippen LogP contribution in [0, 0.1) is 21.7 Å². The van der Waals surface area contributed by atoms with Crippen LogP contribution in [0.25, 0.3) is 11.1 Å². The molecular weight excluding hydrogens is 479 g/mol. The van der Waals surface area contributed by atoms with Crippen LogP contribution >= 0.6 is 0 Å². The first-order valence-electron chi connectivity index (χ1n) is 8.89. The fraction of sp³-hybridized carbons (Fsp3) is 0.158. The molecule has 2 unspecified atom stereocenters. The number of nitrogens with zero attached hydrogens (tertiary/aromatic N) is 1. The summed E-state index contributed by atoms with van der Waals surface area (Å²) in [5, 5.41) is 31.4. The molecule has 34 heavy (non-hydrogen) atoms. The number of nitrogens with one attached hydrogen (secondary N) is 1. The Kier molecular flexibility index (Phi) is 6.51. The maximum atomic E-state index is 14.6. The number of amides is 1. The maximum absolute atomic E-state index is 14.6. The van der Waals surface area contributed by atoms with Crippen molar-refractivity contribution in [2.45, 2.75) is 18.9 Å². The molecule has 1 heterocycles. The number of hydrogen-bond acceptors (Lipinski definition) is 7. The van der Waals surface area contributed by atoms with Crippen molar-refractivity contribution in [2.75, 3.05) is 5.32 Å². The average molecular weight is 490 g/mol. The Labute approximate surface area is 185 Å². The second-order valence-corrected chi connectivity index (χ2v) is 6.60. The Bertz CT molecular complexity index is 1190. The fourth-order valence-electron chi connectivity index (χ4n) is 3.05. The van der Waals surface area contributed by atoms with E-state index in [9.17, 15) is 46.8 Å². The molecule has 0 saturated heterocycles. The minimum atomic E-state index is -5.01. The summed E-state index contributed by atoms with van der Waals surface area (Å²) in [6, 6.07) is 5.44. The van der Waals surface area contributed by atoms with Crippen molar-refractivity contribution in [2.24, 2.45) is 0 Å². The lowest BCUT2D eigenvalue weighted by molar-refractivity contribution is -0.566. The molecule has 0 saturated carbocycles. The summed E-state index contributed by atoms with van der Waals surface area (Å²) in [4.78, 5) is 33.5. The van der Waals surface area contributed by atoms with Gasteiger partial charge in [-0.15, -0.1) is 13.2 Å². The Morgan fingerprint density at radius 1 is 1.09 bits per heavy atom. The zero-order valence-corrected chi connectivity index (χ0v) is 16.3. The molecule has 0 fully saturated rings. The molecule has 2 atom stereocenters. The lowest BCUT2D eigenvalue weighted by Crippen LogP contribution is -2.30. The molecule has 0 spiro atoms. The average Bonchev–Trinajstić information content (AvgIpc) is 3.07. The van der Waals surface area contributed by atoms with Gasteiger partial charge in [0.15, 0.2) is 6.29 Å². The number of carbonyl (C=O) groups excluding carboxylic acids is 1. The minimum Gasteiger partial charge on any atom is -0.478 e. The first-order valence-corrected chi connectivity index (χ1v) is 8.89. The number of carbonyl (C=O) groups is 2. The molecule has 180 valence electrons. The molecule has 3 N–H and O–H groups in total. The number of rotatable bonds is 6. The van der Waals surface area contributed by atoms with Crippen molar-refractivity contribution in [3.05, 3.63) is 69.3 Å². The van der Waals surface area contributed by atoms with E-state index in [-0.39, 0.29) is 11.1 Å². The summed E-state index contributed by atoms with van der Waals surface area (Å²) in [5.74, 6) is -7.14. The Morgan fingerprint density at radius 2 is 1.71 bits per heavy atom. The number of hydrogen-bond donors (Lipinski definition) is 3. The lowest BCUT2D eigenvalue weighted by Gasteiger charge is -2.13. The van der Waals surface area contributed by atoms with Crippen molar-refractivity contribution in [1.29, 1.82) is 0 Å². The highest BCUT2D eigenvalue weighted by atomic mass is 19.4. The van der Waals surface area contributed by atoms with Gasteiger partial charge in [0.2, 0.25) is 0 Å². The molecule has 3 rings (SSSR count). The molecule has 2 aromatic carbocycles. The van der Waals surface area contributed by atoms with Crippen LogP contribution in [0.4, 0.5) is 27.6 Å². The Balaban J connectivity index is 1.95. The van der Waals surface area contributed by atoms with Gasteiger partial charge in [-0.1, -0.05) is 12.1 Å². The highest BCUT2D eigenvalue weighted by Gasteiger charge is 2.48. The molecule has 1 aliphatic heterocycles. The SMILES string of the molecule is O=C(O)C1=C(C(=O)Nc2c(F)cc(-c3cccc(OC(F)(F)F)c3)cc2F)C([N+](=O)[O-])OC1O. The van der Waals surface area contributed by atoms with Crippen LogP contribution in [0.1, 0.15) is 0 Å². The summed E-state index contributed by atoms with van der Waals surface area (Å²) in [5.41, 5.74) is -3.87.